The van der Waals surface area contributed by atoms with Crippen LogP contribution in [-0.2, 0) is 0 Å². The molecule has 2 aliphatic heterocycles. The molecule has 0 saturated carbocycles. The second-order valence-corrected chi connectivity index (χ2v) is 12.7. The molecule has 0 unspecified atom stereocenters. The first-order valence-corrected chi connectivity index (χ1v) is 14.1. The summed E-state index contributed by atoms with van der Waals surface area (Å²) in [6.07, 6.45) is 0. The zero-order valence-electron chi connectivity index (χ0n) is 13.5. The third kappa shape index (κ3) is 2.90. The maximum absolute atomic E-state index is 13.6. The lowest BCUT2D eigenvalue weighted by Gasteiger charge is -2.27. The van der Waals surface area contributed by atoms with Gasteiger partial charge < -0.3 is 0 Å². The molecule has 0 radical (unpaired) electrons. The van der Waals surface area contributed by atoms with Crippen LogP contribution in [0.15, 0.2) is 52.9 Å². The van der Waals surface area contributed by atoms with Crippen molar-refractivity contribution in [1.29, 1.82) is 0 Å². The van der Waals surface area contributed by atoms with Crippen LogP contribution in [0, 0.1) is 0 Å². The molecular formula is C18H2Br8N2O. The molecule has 0 spiro atoms. The quantitative estimate of drug-likeness (QED) is 0.164. The van der Waals surface area contributed by atoms with Gasteiger partial charge in [-0.2, -0.15) is 0 Å². The van der Waals surface area contributed by atoms with Gasteiger partial charge in [0, 0.05) is 52.1 Å². The van der Waals surface area contributed by atoms with E-state index in [0.29, 0.717) is 15.9 Å². The van der Waals surface area contributed by atoms with E-state index < -0.39 is 0 Å². The lowest BCUT2D eigenvalue weighted by Crippen LogP contribution is -2.32. The summed E-state index contributed by atoms with van der Waals surface area (Å²) in [5.74, 6) is 0.436. The lowest BCUT2D eigenvalue weighted by molar-refractivity contribution is 0.101. The lowest BCUT2D eigenvalue weighted by atomic mass is 10.0. The number of carbonyl (C=O) groups excluding carboxylic acids is 1. The van der Waals surface area contributed by atoms with Crippen molar-refractivity contribution in [3.05, 3.63) is 59.0 Å². The fourth-order valence-corrected chi connectivity index (χ4v) is 8.75. The number of carbonyl (C=O) groups is 1. The molecule has 146 valence electrons. The number of anilines is 1. The van der Waals surface area contributed by atoms with E-state index in [4.69, 9.17) is 4.99 Å². The molecule has 0 aromatic heterocycles. The molecule has 3 aromatic carbocycles. The zero-order valence-corrected chi connectivity index (χ0v) is 26.2. The molecule has 0 saturated heterocycles. The van der Waals surface area contributed by atoms with E-state index in [0.717, 1.165) is 59.0 Å². The Morgan fingerprint density at radius 2 is 1.28 bits per heavy atom. The van der Waals surface area contributed by atoms with Crippen LogP contribution in [-0.4, -0.2) is 11.7 Å². The Morgan fingerprint density at radius 3 is 1.93 bits per heavy atom. The highest BCUT2D eigenvalue weighted by atomic mass is 79.9. The number of amides is 1. The minimum atomic E-state index is -0.145. The number of rotatable bonds is 0. The fourth-order valence-electron chi connectivity index (χ4n) is 3.54. The van der Waals surface area contributed by atoms with Crippen molar-refractivity contribution in [2.24, 2.45) is 4.99 Å². The predicted octanol–water partition coefficient (Wildman–Crippen LogP) is 9.99. The van der Waals surface area contributed by atoms with Gasteiger partial charge in [0.1, 0.15) is 5.84 Å². The average molecular weight is 901 g/mol. The highest BCUT2D eigenvalue weighted by molar-refractivity contribution is 9.15. The smallest absolute Gasteiger partial charge is 0.266 e. The van der Waals surface area contributed by atoms with Gasteiger partial charge >= 0.3 is 0 Å². The van der Waals surface area contributed by atoms with Crippen LogP contribution in [0.2, 0.25) is 0 Å². The van der Waals surface area contributed by atoms with Crippen molar-refractivity contribution in [3.8, 4) is 0 Å². The van der Waals surface area contributed by atoms with Gasteiger partial charge in [0.2, 0.25) is 0 Å². The number of hydrogen-bond donors (Lipinski definition) is 0. The number of halogens is 8. The number of benzene rings is 3. The molecule has 29 heavy (non-hydrogen) atoms. The summed E-state index contributed by atoms with van der Waals surface area (Å²) in [6.45, 7) is 0. The van der Waals surface area contributed by atoms with E-state index in [1.807, 2.05) is 12.1 Å². The average Bonchev–Trinajstić information content (AvgIpc) is 2.96. The molecule has 0 atom stereocenters. The summed E-state index contributed by atoms with van der Waals surface area (Å²) in [4.78, 5) is 20.2. The third-order valence-corrected chi connectivity index (χ3v) is 12.7. The van der Waals surface area contributed by atoms with Crippen molar-refractivity contribution in [1.82, 2.24) is 0 Å². The van der Waals surface area contributed by atoms with E-state index >= 15 is 0 Å². The SMILES string of the molecule is O=C1c2c(Br)c(Br)c(Br)c(Br)c2C2=Nc3cc(Br)c(Br)c4c(Br)cc(Br)c(c34)N12. The van der Waals surface area contributed by atoms with Crippen LogP contribution in [0.3, 0.4) is 0 Å². The summed E-state index contributed by atoms with van der Waals surface area (Å²) in [6, 6.07) is 3.91. The molecular weight excluding hydrogens is 899 g/mol. The molecule has 2 aliphatic rings. The largest absolute Gasteiger partial charge is 0.268 e. The maximum Gasteiger partial charge on any atom is 0.266 e. The summed E-state index contributed by atoms with van der Waals surface area (Å²) in [5.41, 5.74) is 2.84. The Hall–Kier alpha value is 0.900. The summed E-state index contributed by atoms with van der Waals surface area (Å²) in [7, 11) is 0. The third-order valence-electron chi connectivity index (χ3n) is 4.72. The van der Waals surface area contributed by atoms with Crippen molar-refractivity contribution in [2.75, 3.05) is 4.90 Å². The summed E-state index contributed by atoms with van der Waals surface area (Å²) < 4.78 is 6.49. The van der Waals surface area contributed by atoms with Crippen LogP contribution in [0.4, 0.5) is 11.4 Å². The second kappa shape index (κ2) is 7.46. The molecule has 3 aromatic rings. The monoisotopic (exact) mass is 893 g/mol. The van der Waals surface area contributed by atoms with Gasteiger partial charge in [-0.05, 0) is 124 Å². The second-order valence-electron chi connectivity index (χ2n) is 6.21. The summed E-state index contributed by atoms with van der Waals surface area (Å²) >= 11 is 29.0. The zero-order chi connectivity index (χ0) is 20.9. The van der Waals surface area contributed by atoms with Gasteiger partial charge in [0.25, 0.3) is 5.91 Å². The first-order chi connectivity index (χ1) is 13.6. The molecule has 0 fully saturated rings. The van der Waals surface area contributed by atoms with Gasteiger partial charge in [-0.1, -0.05) is 15.9 Å². The first kappa shape index (κ1) is 21.7. The Morgan fingerprint density at radius 1 is 0.655 bits per heavy atom. The first-order valence-electron chi connectivity index (χ1n) is 7.74. The van der Waals surface area contributed by atoms with Crippen LogP contribution in [0.1, 0.15) is 15.9 Å². The Bertz CT molecular complexity index is 1360. The van der Waals surface area contributed by atoms with E-state index in [-0.39, 0.29) is 5.91 Å². The van der Waals surface area contributed by atoms with Gasteiger partial charge in [-0.15, -0.1) is 0 Å². The van der Waals surface area contributed by atoms with Crippen LogP contribution in [0.25, 0.3) is 10.8 Å². The Balaban J connectivity index is 1.98. The number of nitrogens with zero attached hydrogens (tertiary/aromatic N) is 2. The fraction of sp³-hybridized carbons (Fsp3) is 0. The van der Waals surface area contributed by atoms with Crippen molar-refractivity contribution >= 4 is 161 Å². The number of amidine groups is 1. The van der Waals surface area contributed by atoms with Crippen molar-refractivity contribution in [3.63, 3.8) is 0 Å². The van der Waals surface area contributed by atoms with E-state index in [1.165, 1.54) is 0 Å². The van der Waals surface area contributed by atoms with Gasteiger partial charge in [0.15, 0.2) is 0 Å². The van der Waals surface area contributed by atoms with Crippen molar-refractivity contribution in [2.45, 2.75) is 0 Å². The van der Waals surface area contributed by atoms with Crippen molar-refractivity contribution < 1.29 is 4.79 Å². The molecule has 0 aliphatic carbocycles. The molecule has 11 heteroatoms. The van der Waals surface area contributed by atoms with Gasteiger partial charge in [0.05, 0.1) is 16.9 Å². The normalized spacial score (nSPS) is 14.4. The number of fused-ring (bicyclic) bond motifs is 4. The van der Waals surface area contributed by atoms with Gasteiger partial charge in [-0.25, -0.2) is 4.99 Å². The number of aliphatic imine (C=N–C) groups is 1. The molecule has 0 bridgehead atoms. The molecule has 1 amide bonds. The van der Waals surface area contributed by atoms with Crippen LogP contribution >= 0.6 is 127 Å². The highest BCUT2D eigenvalue weighted by Gasteiger charge is 2.44. The minimum absolute atomic E-state index is 0.145. The molecule has 0 N–H and O–H groups in total. The number of hydrogen-bond acceptors (Lipinski definition) is 2. The minimum Gasteiger partial charge on any atom is -0.268 e. The van der Waals surface area contributed by atoms with E-state index in [1.54, 1.807) is 4.90 Å². The maximum atomic E-state index is 13.6. The van der Waals surface area contributed by atoms with E-state index in [9.17, 15) is 4.79 Å². The Kier molecular flexibility index (Phi) is 5.59. The van der Waals surface area contributed by atoms with Gasteiger partial charge in [-0.3, -0.25) is 9.69 Å². The standard InChI is InChI=1S/C18H2Br8N2O/c19-3-1-5(21)16-8-6(2-4(20)11(22)7(3)8)27-17-9-10(18(29)28(16)17)13(24)15(26)14(25)12(9)23/h1-2H. The molecule has 3 nitrogen and oxygen atoms in total. The van der Waals surface area contributed by atoms with E-state index in [2.05, 4.69) is 127 Å². The Labute approximate surface area is 232 Å². The van der Waals surface area contributed by atoms with Crippen LogP contribution in [0.5, 0.6) is 0 Å². The van der Waals surface area contributed by atoms with Crippen LogP contribution < -0.4 is 4.90 Å². The highest BCUT2D eigenvalue weighted by Crippen LogP contribution is 2.54. The summed E-state index contributed by atoms with van der Waals surface area (Å²) in [5, 5.41) is 1.83. The molecule has 5 rings (SSSR count). The topological polar surface area (TPSA) is 32.7 Å². The predicted molar refractivity (Wildman–Crippen MR) is 145 cm³/mol. The molecule has 2 heterocycles.